The molecule has 0 amide bonds. The van der Waals surface area contributed by atoms with Crippen molar-refractivity contribution in [2.24, 2.45) is 5.92 Å². The van der Waals surface area contributed by atoms with E-state index in [4.69, 9.17) is 0 Å². The molecule has 164 valence electrons. The second-order valence-electron chi connectivity index (χ2n) is 7.02. The Morgan fingerprint density at radius 1 is 1.10 bits per heavy atom. The number of rotatable bonds is 9. The minimum absolute atomic E-state index is 0.0154. The van der Waals surface area contributed by atoms with E-state index in [1.54, 1.807) is 30.5 Å². The van der Waals surface area contributed by atoms with E-state index in [1.165, 1.54) is 12.1 Å². The molecule has 1 heterocycles. The number of hydrogen-bond acceptors (Lipinski definition) is 5. The van der Waals surface area contributed by atoms with E-state index in [9.17, 15) is 35.9 Å². The Labute approximate surface area is 171 Å². The van der Waals surface area contributed by atoms with E-state index in [0.717, 1.165) is 6.26 Å². The standard InChI is InChI=1S/C20H21F4NO4S/c1-30(28,29)9-8-17-7-6-15(12-25-17)13-2-4-14(5-3-13)19(27)16(11-21)10-18(26)20(22,23)24/h2-7,12,16,19,27H,8-11H2,1H3/t16-,19-/m1/s1. The Morgan fingerprint density at radius 2 is 1.70 bits per heavy atom. The summed E-state index contributed by atoms with van der Waals surface area (Å²) >= 11 is 0. The van der Waals surface area contributed by atoms with Gasteiger partial charge in [0.05, 0.1) is 18.5 Å². The highest BCUT2D eigenvalue weighted by Gasteiger charge is 2.40. The number of carbonyl (C=O) groups is 1. The van der Waals surface area contributed by atoms with Gasteiger partial charge in [-0.3, -0.25) is 14.2 Å². The second-order valence-corrected chi connectivity index (χ2v) is 9.28. The lowest BCUT2D eigenvalue weighted by Crippen LogP contribution is -2.28. The zero-order chi connectivity index (χ0) is 22.5. The number of carbonyl (C=O) groups excluding carboxylic acids is 1. The molecular formula is C20H21F4NO4S. The first-order chi connectivity index (χ1) is 13.9. The lowest BCUT2D eigenvalue weighted by molar-refractivity contribution is -0.173. The molecule has 5 nitrogen and oxygen atoms in total. The number of aromatic nitrogens is 1. The van der Waals surface area contributed by atoms with Crippen molar-refractivity contribution in [3.05, 3.63) is 53.9 Å². The lowest BCUT2D eigenvalue weighted by atomic mass is 9.91. The van der Waals surface area contributed by atoms with Gasteiger partial charge in [0.1, 0.15) is 9.84 Å². The maximum atomic E-state index is 13.1. The van der Waals surface area contributed by atoms with E-state index in [2.05, 4.69) is 4.98 Å². The molecule has 0 radical (unpaired) electrons. The summed E-state index contributed by atoms with van der Waals surface area (Å²) in [6.07, 6.45) is -4.80. The summed E-state index contributed by atoms with van der Waals surface area (Å²) in [5.74, 6) is -3.60. The summed E-state index contributed by atoms with van der Waals surface area (Å²) in [7, 11) is -3.10. The van der Waals surface area contributed by atoms with Gasteiger partial charge < -0.3 is 5.11 Å². The molecule has 2 rings (SSSR count). The van der Waals surface area contributed by atoms with Crippen molar-refractivity contribution in [1.82, 2.24) is 4.98 Å². The number of aliphatic hydroxyl groups is 1. The number of Topliss-reactive ketones (excluding diaryl/α,β-unsaturated/α-hetero) is 1. The normalized spacial score (nSPS) is 14.3. The van der Waals surface area contributed by atoms with Crippen LogP contribution in [0, 0.1) is 5.92 Å². The molecule has 0 aliphatic carbocycles. The van der Waals surface area contributed by atoms with Gasteiger partial charge in [-0.25, -0.2) is 8.42 Å². The summed E-state index contributed by atoms with van der Waals surface area (Å²) in [5, 5.41) is 10.2. The Bertz CT molecular complexity index is 958. The fraction of sp³-hybridized carbons (Fsp3) is 0.400. The van der Waals surface area contributed by atoms with Gasteiger partial charge in [-0.2, -0.15) is 13.2 Å². The zero-order valence-corrected chi connectivity index (χ0v) is 16.9. The maximum absolute atomic E-state index is 13.1. The number of ketones is 1. The number of aryl methyl sites for hydroxylation is 1. The van der Waals surface area contributed by atoms with E-state index in [0.29, 0.717) is 16.8 Å². The summed E-state index contributed by atoms with van der Waals surface area (Å²) in [4.78, 5) is 15.3. The van der Waals surface area contributed by atoms with Crippen LogP contribution in [0.1, 0.15) is 23.8 Å². The SMILES string of the molecule is CS(=O)(=O)CCc1ccc(-c2ccc([C@@H](O)[C@@H](CF)CC(=O)C(F)(F)F)cc2)cn1. The third-order valence-corrected chi connectivity index (χ3v) is 5.49. The fourth-order valence-corrected chi connectivity index (χ4v) is 3.36. The smallest absolute Gasteiger partial charge is 0.388 e. The van der Waals surface area contributed by atoms with Crippen LogP contribution >= 0.6 is 0 Å². The monoisotopic (exact) mass is 447 g/mol. The largest absolute Gasteiger partial charge is 0.449 e. The molecule has 30 heavy (non-hydrogen) atoms. The maximum Gasteiger partial charge on any atom is 0.449 e. The molecule has 0 aliphatic rings. The van der Waals surface area contributed by atoms with E-state index in [1.807, 2.05) is 0 Å². The molecule has 0 saturated carbocycles. The first kappa shape index (κ1) is 23.9. The number of nitrogens with zero attached hydrogens (tertiary/aromatic N) is 1. The molecule has 1 N–H and O–H groups in total. The minimum atomic E-state index is -5.07. The Kier molecular flexibility index (Phi) is 7.70. The van der Waals surface area contributed by atoms with Gasteiger partial charge >= 0.3 is 6.18 Å². The van der Waals surface area contributed by atoms with Crippen molar-refractivity contribution in [2.45, 2.75) is 25.1 Å². The van der Waals surface area contributed by atoms with Gasteiger partial charge in [0, 0.05) is 42.5 Å². The van der Waals surface area contributed by atoms with E-state index in [-0.39, 0.29) is 17.7 Å². The lowest BCUT2D eigenvalue weighted by Gasteiger charge is -2.20. The van der Waals surface area contributed by atoms with Gasteiger partial charge in [-0.15, -0.1) is 0 Å². The number of halogens is 4. The van der Waals surface area contributed by atoms with Crippen LogP contribution in [0.25, 0.3) is 11.1 Å². The molecule has 10 heteroatoms. The Balaban J connectivity index is 2.09. The Hall–Kier alpha value is -2.33. The number of sulfone groups is 1. The predicted octanol–water partition coefficient (Wildman–Crippen LogP) is 3.48. The highest BCUT2D eigenvalue weighted by molar-refractivity contribution is 7.90. The van der Waals surface area contributed by atoms with Gasteiger partial charge in [0.25, 0.3) is 0 Å². The average Bonchev–Trinajstić information content (AvgIpc) is 2.69. The third kappa shape index (κ3) is 6.88. The van der Waals surface area contributed by atoms with Crippen molar-refractivity contribution in [2.75, 3.05) is 18.7 Å². The Morgan fingerprint density at radius 3 is 2.17 bits per heavy atom. The number of benzene rings is 1. The third-order valence-electron chi connectivity index (χ3n) is 4.55. The van der Waals surface area contributed by atoms with Gasteiger partial charge in [-0.1, -0.05) is 30.3 Å². The topological polar surface area (TPSA) is 84.3 Å². The minimum Gasteiger partial charge on any atom is -0.388 e. The molecule has 0 bridgehead atoms. The van der Waals surface area contributed by atoms with Crippen molar-refractivity contribution in [3.63, 3.8) is 0 Å². The van der Waals surface area contributed by atoms with E-state index >= 15 is 0 Å². The predicted molar refractivity (Wildman–Crippen MR) is 103 cm³/mol. The van der Waals surface area contributed by atoms with E-state index < -0.39 is 46.9 Å². The average molecular weight is 447 g/mol. The van der Waals surface area contributed by atoms with Crippen LogP contribution in [0.5, 0.6) is 0 Å². The van der Waals surface area contributed by atoms with Crippen molar-refractivity contribution >= 4 is 15.6 Å². The molecule has 2 atom stereocenters. The molecule has 0 saturated heterocycles. The summed E-state index contributed by atoms with van der Waals surface area (Å²) in [6, 6.07) is 9.49. The van der Waals surface area contributed by atoms with Crippen molar-refractivity contribution < 1.29 is 35.9 Å². The molecule has 0 spiro atoms. The molecule has 0 aliphatic heterocycles. The number of alkyl halides is 4. The quantitative estimate of drug-likeness (QED) is 0.595. The van der Waals surface area contributed by atoms with Gasteiger partial charge in [-0.05, 0) is 17.2 Å². The number of hydrogen-bond donors (Lipinski definition) is 1. The van der Waals surface area contributed by atoms with Crippen LogP contribution in [0.2, 0.25) is 0 Å². The summed E-state index contributed by atoms with van der Waals surface area (Å²) < 4.78 is 72.8. The fourth-order valence-electron chi connectivity index (χ4n) is 2.78. The highest BCUT2D eigenvalue weighted by Crippen LogP contribution is 2.30. The summed E-state index contributed by atoms with van der Waals surface area (Å²) in [5.41, 5.74) is 2.19. The van der Waals surface area contributed by atoms with Crippen molar-refractivity contribution in [3.8, 4) is 11.1 Å². The number of pyridine rings is 1. The highest BCUT2D eigenvalue weighted by atomic mass is 32.2. The van der Waals surface area contributed by atoms with Crippen molar-refractivity contribution in [1.29, 1.82) is 0 Å². The van der Waals surface area contributed by atoms with Crippen LogP contribution in [0.4, 0.5) is 17.6 Å². The second kappa shape index (κ2) is 9.65. The van der Waals surface area contributed by atoms with Crippen LogP contribution in [0.15, 0.2) is 42.6 Å². The molecule has 1 aromatic heterocycles. The molecule has 0 fully saturated rings. The van der Waals surface area contributed by atoms with Crippen LogP contribution in [-0.2, 0) is 21.1 Å². The molecule has 0 unspecified atom stereocenters. The van der Waals surface area contributed by atoms with Gasteiger partial charge in [0.2, 0.25) is 5.78 Å². The molecule has 1 aromatic carbocycles. The van der Waals surface area contributed by atoms with Crippen LogP contribution in [-0.4, -0.2) is 49.2 Å². The zero-order valence-electron chi connectivity index (χ0n) is 16.1. The molecule has 2 aromatic rings. The van der Waals surface area contributed by atoms with Crippen LogP contribution < -0.4 is 0 Å². The summed E-state index contributed by atoms with van der Waals surface area (Å²) in [6.45, 7) is -1.27. The van der Waals surface area contributed by atoms with Gasteiger partial charge in [0.15, 0.2) is 0 Å². The van der Waals surface area contributed by atoms with Crippen LogP contribution in [0.3, 0.4) is 0 Å². The molecular weight excluding hydrogens is 426 g/mol. The first-order valence-electron chi connectivity index (χ1n) is 8.97. The first-order valence-corrected chi connectivity index (χ1v) is 11.0. The number of aliphatic hydroxyl groups excluding tert-OH is 1.